The van der Waals surface area contributed by atoms with E-state index in [9.17, 15) is 19.8 Å². The molecule has 0 aromatic carbocycles. The molecule has 0 heterocycles. The second kappa shape index (κ2) is 34.1. The van der Waals surface area contributed by atoms with Gasteiger partial charge in [0.2, 0.25) is 0 Å². The summed E-state index contributed by atoms with van der Waals surface area (Å²) in [4.78, 5) is 24.3. The van der Waals surface area contributed by atoms with Gasteiger partial charge in [-0.3, -0.25) is 0 Å². The van der Waals surface area contributed by atoms with Crippen molar-refractivity contribution in [3.63, 3.8) is 0 Å². The molecule has 0 aliphatic carbocycles. The Morgan fingerprint density at radius 1 is 0.459 bits per heavy atom. The Balaban J connectivity index is -0.000000608. The molecule has 0 aromatic heterocycles. The SMILES string of the molecule is CCCCCCCCCCCCN(C)CC(=O)[O-].CCCCCCCCCCCCN(C)CC(=O)[O-].[Ca+2]. The van der Waals surface area contributed by atoms with Crippen molar-refractivity contribution in [1.29, 1.82) is 0 Å². The average molecular weight is 553 g/mol. The largest absolute Gasteiger partial charge is 2.00 e. The molecule has 0 N–H and O–H groups in total. The molecular weight excluding hydrogens is 492 g/mol. The molecule has 37 heavy (non-hydrogen) atoms. The van der Waals surface area contributed by atoms with E-state index in [0.717, 1.165) is 25.9 Å². The van der Waals surface area contributed by atoms with Gasteiger partial charge in [-0.2, -0.15) is 0 Å². The predicted octanol–water partition coefficient (Wildman–Crippen LogP) is 4.80. The maximum atomic E-state index is 10.3. The molecule has 0 aromatic rings. The number of carboxylic acids is 2. The van der Waals surface area contributed by atoms with E-state index < -0.39 is 11.9 Å². The third-order valence-corrected chi connectivity index (χ3v) is 6.58. The number of nitrogens with zero attached hydrogens (tertiary/aromatic N) is 2. The van der Waals surface area contributed by atoms with Gasteiger partial charge in [0, 0.05) is 13.1 Å². The van der Waals surface area contributed by atoms with Gasteiger partial charge in [-0.15, -0.1) is 0 Å². The molecule has 0 fully saturated rings. The van der Waals surface area contributed by atoms with E-state index in [1.165, 1.54) is 116 Å². The maximum absolute atomic E-state index is 10.3. The van der Waals surface area contributed by atoms with Crippen molar-refractivity contribution in [1.82, 2.24) is 9.80 Å². The van der Waals surface area contributed by atoms with Gasteiger partial charge < -0.3 is 29.6 Å². The number of aliphatic carboxylic acids is 2. The molecule has 6 nitrogen and oxygen atoms in total. The van der Waals surface area contributed by atoms with Crippen LogP contribution in [0.4, 0.5) is 0 Å². The van der Waals surface area contributed by atoms with Crippen LogP contribution in [0.1, 0.15) is 142 Å². The molecule has 0 bridgehead atoms. The summed E-state index contributed by atoms with van der Waals surface area (Å²) in [7, 11) is 3.67. The monoisotopic (exact) mass is 552 g/mol. The molecule has 7 heteroatoms. The van der Waals surface area contributed by atoms with E-state index in [1.807, 2.05) is 23.9 Å². The van der Waals surface area contributed by atoms with Crippen LogP contribution in [0.15, 0.2) is 0 Å². The summed E-state index contributed by atoms with van der Waals surface area (Å²) in [6.45, 7) is 6.33. The van der Waals surface area contributed by atoms with E-state index in [0.29, 0.717) is 0 Å². The molecule has 0 saturated heterocycles. The number of carbonyl (C=O) groups is 2. The van der Waals surface area contributed by atoms with Crippen molar-refractivity contribution in [2.45, 2.75) is 142 Å². The first-order chi connectivity index (χ1) is 17.3. The molecule has 0 amide bonds. The molecular formula is C30H60CaN2O4. The fourth-order valence-electron chi connectivity index (χ4n) is 4.34. The number of hydrogen-bond acceptors (Lipinski definition) is 6. The minimum absolute atomic E-state index is 0. The van der Waals surface area contributed by atoms with Crippen LogP contribution in [-0.2, 0) is 9.59 Å². The molecule has 0 spiro atoms. The summed E-state index contributed by atoms with van der Waals surface area (Å²) in [5.74, 6) is -1.96. The normalized spacial score (nSPS) is 10.8. The number of likely N-dealkylation sites (N-methyl/N-ethyl adjacent to an activating group) is 2. The van der Waals surface area contributed by atoms with E-state index in [-0.39, 0.29) is 50.8 Å². The van der Waals surface area contributed by atoms with Gasteiger partial charge in [0.25, 0.3) is 0 Å². The zero-order valence-electron chi connectivity index (χ0n) is 25.2. The van der Waals surface area contributed by atoms with Gasteiger partial charge in [0.1, 0.15) is 0 Å². The molecule has 0 unspecified atom stereocenters. The standard InChI is InChI=1S/2C15H31NO2.Ca/c2*1-3-4-5-6-7-8-9-10-11-12-13-16(2)14-15(17)18;/h2*3-14H2,1-2H3,(H,17,18);/q;;+2/p-2. The van der Waals surface area contributed by atoms with Gasteiger partial charge in [0.15, 0.2) is 0 Å². The summed E-state index contributed by atoms with van der Waals surface area (Å²) in [6.07, 6.45) is 26.3. The van der Waals surface area contributed by atoms with Gasteiger partial charge in [-0.25, -0.2) is 0 Å². The van der Waals surface area contributed by atoms with Crippen molar-refractivity contribution in [2.75, 3.05) is 40.3 Å². The first-order valence-electron chi connectivity index (χ1n) is 15.1. The van der Waals surface area contributed by atoms with Crippen molar-refractivity contribution < 1.29 is 19.8 Å². The number of carbonyl (C=O) groups excluding carboxylic acids is 2. The second-order valence-corrected chi connectivity index (χ2v) is 10.6. The van der Waals surface area contributed by atoms with Gasteiger partial charge in [0.05, 0.1) is 11.9 Å². The molecule has 0 aliphatic heterocycles. The maximum Gasteiger partial charge on any atom is 2.00 e. The first kappa shape index (κ1) is 41.6. The van der Waals surface area contributed by atoms with Crippen molar-refractivity contribution in [2.24, 2.45) is 0 Å². The van der Waals surface area contributed by atoms with Crippen molar-refractivity contribution >= 4 is 49.7 Å². The fourth-order valence-corrected chi connectivity index (χ4v) is 4.34. The van der Waals surface area contributed by atoms with Gasteiger partial charge in [-0.05, 0) is 40.0 Å². The molecule has 0 aliphatic rings. The van der Waals surface area contributed by atoms with Crippen LogP contribution in [0.2, 0.25) is 0 Å². The Bertz CT molecular complexity index is 438. The van der Waals surface area contributed by atoms with E-state index in [2.05, 4.69) is 13.8 Å². The zero-order valence-corrected chi connectivity index (χ0v) is 27.4. The Morgan fingerprint density at radius 3 is 0.892 bits per heavy atom. The molecule has 0 atom stereocenters. The first-order valence-corrected chi connectivity index (χ1v) is 15.1. The van der Waals surface area contributed by atoms with E-state index in [1.54, 1.807) is 0 Å². The third-order valence-electron chi connectivity index (χ3n) is 6.58. The fraction of sp³-hybridized carbons (Fsp3) is 0.933. The molecule has 0 rings (SSSR count). The smallest absolute Gasteiger partial charge is 0.549 e. The van der Waals surface area contributed by atoms with Gasteiger partial charge in [-0.1, -0.05) is 129 Å². The molecule has 216 valence electrons. The second-order valence-electron chi connectivity index (χ2n) is 10.6. The van der Waals surface area contributed by atoms with Gasteiger partial charge >= 0.3 is 37.7 Å². The van der Waals surface area contributed by atoms with Crippen LogP contribution in [0.3, 0.4) is 0 Å². The van der Waals surface area contributed by atoms with E-state index >= 15 is 0 Å². The molecule has 0 radical (unpaired) electrons. The number of unbranched alkanes of at least 4 members (excludes halogenated alkanes) is 18. The Morgan fingerprint density at radius 2 is 0.676 bits per heavy atom. The summed E-state index contributed by atoms with van der Waals surface area (Å²) in [5.41, 5.74) is 0. The Labute approximate surface area is 260 Å². The Kier molecular flexibility index (Phi) is 38.4. The van der Waals surface area contributed by atoms with E-state index in [4.69, 9.17) is 0 Å². The summed E-state index contributed by atoms with van der Waals surface area (Å²) < 4.78 is 0. The van der Waals surface area contributed by atoms with Crippen LogP contribution < -0.4 is 10.2 Å². The van der Waals surface area contributed by atoms with Crippen LogP contribution in [0.25, 0.3) is 0 Å². The summed E-state index contributed by atoms with van der Waals surface area (Å²) in [6, 6.07) is 0. The topological polar surface area (TPSA) is 86.7 Å². The Hall–Kier alpha value is 0.120. The predicted molar refractivity (Wildman–Crippen MR) is 154 cm³/mol. The van der Waals surface area contributed by atoms with Crippen LogP contribution >= 0.6 is 0 Å². The zero-order chi connectivity index (χ0) is 27.3. The summed E-state index contributed by atoms with van der Waals surface area (Å²) >= 11 is 0. The average Bonchev–Trinajstić information content (AvgIpc) is 2.81. The van der Waals surface area contributed by atoms with Crippen LogP contribution in [-0.4, -0.2) is 99.8 Å². The summed E-state index contributed by atoms with van der Waals surface area (Å²) in [5, 5.41) is 20.7. The number of hydrogen-bond donors (Lipinski definition) is 0. The quantitative estimate of drug-likeness (QED) is 0.113. The van der Waals surface area contributed by atoms with Crippen molar-refractivity contribution in [3.8, 4) is 0 Å². The van der Waals surface area contributed by atoms with Crippen LogP contribution in [0, 0.1) is 0 Å². The molecule has 0 saturated carbocycles. The minimum Gasteiger partial charge on any atom is -0.549 e. The van der Waals surface area contributed by atoms with Crippen molar-refractivity contribution in [3.05, 3.63) is 0 Å². The van der Waals surface area contributed by atoms with Crippen LogP contribution in [0.5, 0.6) is 0 Å². The minimum atomic E-state index is -0.982. The number of rotatable bonds is 26. The number of carboxylic acid groups (broad SMARTS) is 2. The third kappa shape index (κ3) is 40.8.